The van der Waals surface area contributed by atoms with E-state index in [1.807, 2.05) is 6.92 Å². The number of carbonyl (C=O) groups excluding carboxylic acids is 2. The number of anilines is 1. The lowest BCUT2D eigenvalue weighted by molar-refractivity contribution is -0.137. The minimum atomic E-state index is -4.50. The van der Waals surface area contributed by atoms with Gasteiger partial charge in [-0.25, -0.2) is 9.78 Å². The molecule has 3 rings (SSSR count). The van der Waals surface area contributed by atoms with E-state index in [9.17, 15) is 22.8 Å². The van der Waals surface area contributed by atoms with E-state index in [0.29, 0.717) is 34.2 Å². The molecule has 0 saturated carbocycles. The molecule has 0 spiro atoms. The summed E-state index contributed by atoms with van der Waals surface area (Å²) in [4.78, 5) is 35.1. The lowest BCUT2D eigenvalue weighted by Gasteiger charge is -2.16. The van der Waals surface area contributed by atoms with Crippen LogP contribution in [-0.4, -0.2) is 53.9 Å². The van der Waals surface area contributed by atoms with E-state index >= 15 is 0 Å². The average molecular weight is 516 g/mol. The number of likely N-dealkylation sites (N-methyl/N-ethyl adjacent to an activating group) is 2. The molecule has 36 heavy (non-hydrogen) atoms. The van der Waals surface area contributed by atoms with Crippen molar-refractivity contribution in [2.75, 3.05) is 32.5 Å². The summed E-state index contributed by atoms with van der Waals surface area (Å²) in [6.07, 6.45) is -2.18. The number of aryl methyl sites for hydroxylation is 1. The average Bonchev–Trinajstić information content (AvgIpc) is 3.28. The van der Waals surface area contributed by atoms with Gasteiger partial charge in [-0.1, -0.05) is 29.4 Å². The number of rotatable bonds is 7. The number of ketones is 1. The smallest absolute Gasteiger partial charge is 0.326 e. The van der Waals surface area contributed by atoms with Gasteiger partial charge in [0.1, 0.15) is 0 Å². The van der Waals surface area contributed by atoms with E-state index < -0.39 is 11.7 Å². The molecule has 0 bridgehead atoms. The van der Waals surface area contributed by atoms with Gasteiger partial charge in [-0.15, -0.1) is 0 Å². The first-order valence-electron chi connectivity index (χ1n) is 10.9. The molecule has 0 aliphatic rings. The Bertz CT molecular complexity index is 1310. The highest BCUT2D eigenvalue weighted by atomic mass is 32.1. The highest BCUT2D eigenvalue weighted by molar-refractivity contribution is 7.16. The minimum Gasteiger partial charge on any atom is -0.326 e. The number of nitrogens with zero attached hydrogens (tertiary/aromatic N) is 3. The van der Waals surface area contributed by atoms with Crippen molar-refractivity contribution in [3.8, 4) is 11.8 Å². The fourth-order valence-electron chi connectivity index (χ4n) is 3.03. The Labute approximate surface area is 210 Å². The third-order valence-corrected chi connectivity index (χ3v) is 5.96. The Morgan fingerprint density at radius 1 is 1.14 bits per heavy atom. The van der Waals surface area contributed by atoms with Crippen molar-refractivity contribution in [1.82, 2.24) is 20.2 Å². The number of halogens is 3. The SMILES string of the molecule is CNCCN(C)C(=O)Nc1ncc(C#Cc2cc(C(=O)Cc3cc(C(F)(F)F)ccn3)ccc2C)s1. The molecular formula is C25H24F3N5O2S. The predicted octanol–water partition coefficient (Wildman–Crippen LogP) is 4.37. The van der Waals surface area contributed by atoms with Crippen molar-refractivity contribution in [1.29, 1.82) is 0 Å². The quantitative estimate of drug-likeness (QED) is 0.360. The molecule has 0 saturated heterocycles. The fraction of sp³-hybridized carbons (Fsp3) is 0.280. The molecule has 2 N–H and O–H groups in total. The van der Waals surface area contributed by atoms with Gasteiger partial charge in [0.2, 0.25) is 0 Å². The van der Waals surface area contributed by atoms with Crippen LogP contribution in [0.5, 0.6) is 0 Å². The number of hydrogen-bond donors (Lipinski definition) is 2. The van der Waals surface area contributed by atoms with E-state index in [1.54, 1.807) is 38.5 Å². The zero-order valence-corrected chi connectivity index (χ0v) is 20.7. The van der Waals surface area contributed by atoms with Crippen LogP contribution in [0.4, 0.5) is 23.1 Å². The molecule has 0 aliphatic heterocycles. The monoisotopic (exact) mass is 515 g/mol. The third kappa shape index (κ3) is 7.37. The van der Waals surface area contributed by atoms with Gasteiger partial charge in [0, 0.05) is 43.2 Å². The third-order valence-electron chi connectivity index (χ3n) is 5.13. The second-order valence-corrected chi connectivity index (χ2v) is 8.93. The Balaban J connectivity index is 1.70. The Morgan fingerprint density at radius 3 is 2.64 bits per heavy atom. The number of amides is 2. The maximum atomic E-state index is 12.9. The van der Waals surface area contributed by atoms with E-state index in [1.165, 1.54) is 16.2 Å². The van der Waals surface area contributed by atoms with Gasteiger partial charge < -0.3 is 10.2 Å². The van der Waals surface area contributed by atoms with E-state index in [-0.39, 0.29) is 23.9 Å². The molecule has 2 heterocycles. The topological polar surface area (TPSA) is 87.2 Å². The summed E-state index contributed by atoms with van der Waals surface area (Å²) in [5, 5.41) is 6.10. The number of urea groups is 1. The number of carbonyl (C=O) groups is 2. The second kappa shape index (κ2) is 11.8. The zero-order chi connectivity index (χ0) is 26.3. The van der Waals surface area contributed by atoms with Crippen LogP contribution in [0, 0.1) is 18.8 Å². The predicted molar refractivity (Wildman–Crippen MR) is 132 cm³/mol. The maximum Gasteiger partial charge on any atom is 0.416 e. The van der Waals surface area contributed by atoms with Crippen LogP contribution in [0.15, 0.2) is 42.7 Å². The molecule has 0 fully saturated rings. The van der Waals surface area contributed by atoms with E-state index in [0.717, 1.165) is 23.9 Å². The Morgan fingerprint density at radius 2 is 1.92 bits per heavy atom. The number of pyridine rings is 1. The van der Waals surface area contributed by atoms with Gasteiger partial charge in [-0.2, -0.15) is 13.2 Å². The first-order chi connectivity index (χ1) is 17.1. The van der Waals surface area contributed by atoms with Crippen molar-refractivity contribution < 1.29 is 22.8 Å². The highest BCUT2D eigenvalue weighted by Crippen LogP contribution is 2.29. The molecular weight excluding hydrogens is 491 g/mol. The van der Waals surface area contributed by atoms with Crippen LogP contribution < -0.4 is 10.6 Å². The normalized spacial score (nSPS) is 10.9. The number of nitrogens with one attached hydrogen (secondary N) is 2. The van der Waals surface area contributed by atoms with Crippen LogP contribution in [-0.2, 0) is 12.6 Å². The van der Waals surface area contributed by atoms with Crippen molar-refractivity contribution in [2.24, 2.45) is 0 Å². The molecule has 3 aromatic rings. The lowest BCUT2D eigenvalue weighted by Crippen LogP contribution is -2.35. The van der Waals surface area contributed by atoms with Gasteiger partial charge in [0.15, 0.2) is 10.9 Å². The van der Waals surface area contributed by atoms with Crippen molar-refractivity contribution in [2.45, 2.75) is 19.5 Å². The van der Waals surface area contributed by atoms with Crippen molar-refractivity contribution in [3.05, 3.63) is 75.6 Å². The van der Waals surface area contributed by atoms with Crippen LogP contribution in [0.25, 0.3) is 0 Å². The standard InChI is InChI=1S/C25H24F3N5O2S/c1-16-4-5-18(22(34)14-20-13-19(8-9-30-20)25(26,27)28)12-17(16)6-7-21-15-31-23(36-21)32-24(35)33(3)11-10-29-2/h4-5,8-9,12-13,15,29H,10-11,14H2,1-3H3,(H,31,32,35). The second-order valence-electron chi connectivity index (χ2n) is 7.90. The van der Waals surface area contributed by atoms with Gasteiger partial charge in [-0.3, -0.25) is 15.1 Å². The molecule has 0 radical (unpaired) electrons. The molecule has 7 nitrogen and oxygen atoms in total. The van der Waals surface area contributed by atoms with Gasteiger partial charge in [-0.05, 0) is 43.7 Å². The molecule has 11 heteroatoms. The zero-order valence-electron chi connectivity index (χ0n) is 19.9. The molecule has 1 aromatic carbocycles. The summed E-state index contributed by atoms with van der Waals surface area (Å²) in [6, 6.07) is 6.42. The Kier molecular flexibility index (Phi) is 8.79. The summed E-state index contributed by atoms with van der Waals surface area (Å²) in [7, 11) is 3.49. The van der Waals surface area contributed by atoms with E-state index in [4.69, 9.17) is 0 Å². The molecule has 0 atom stereocenters. The number of aromatic nitrogens is 2. The summed E-state index contributed by atoms with van der Waals surface area (Å²) in [5.74, 6) is 5.62. The number of benzene rings is 1. The fourth-order valence-corrected chi connectivity index (χ4v) is 3.69. The van der Waals surface area contributed by atoms with Crippen LogP contribution in [0.1, 0.15) is 37.6 Å². The van der Waals surface area contributed by atoms with Crippen LogP contribution >= 0.6 is 11.3 Å². The minimum absolute atomic E-state index is 0.0406. The van der Waals surface area contributed by atoms with Gasteiger partial charge in [0.25, 0.3) is 0 Å². The Hall–Kier alpha value is -3.75. The summed E-state index contributed by atoms with van der Waals surface area (Å²) in [5.41, 5.74) is 0.953. The first kappa shape index (κ1) is 26.8. The molecule has 2 aromatic heterocycles. The summed E-state index contributed by atoms with van der Waals surface area (Å²) >= 11 is 1.22. The number of thiazole rings is 1. The molecule has 0 aliphatic carbocycles. The number of hydrogen-bond acceptors (Lipinski definition) is 6. The van der Waals surface area contributed by atoms with Crippen LogP contribution in [0.2, 0.25) is 0 Å². The largest absolute Gasteiger partial charge is 0.416 e. The molecule has 188 valence electrons. The summed E-state index contributed by atoms with van der Waals surface area (Å²) < 4.78 is 38.8. The first-order valence-corrected chi connectivity index (χ1v) is 11.7. The molecule has 2 amide bonds. The van der Waals surface area contributed by atoms with Crippen molar-refractivity contribution in [3.63, 3.8) is 0 Å². The van der Waals surface area contributed by atoms with Gasteiger partial charge in [0.05, 0.1) is 23.1 Å². The van der Waals surface area contributed by atoms with E-state index in [2.05, 4.69) is 32.4 Å². The lowest BCUT2D eigenvalue weighted by atomic mass is 10.00. The molecule has 0 unspecified atom stereocenters. The van der Waals surface area contributed by atoms with Crippen LogP contribution in [0.3, 0.4) is 0 Å². The number of Topliss-reactive ketones (excluding diaryl/α,β-unsaturated/α-hetero) is 1. The number of alkyl halides is 3. The highest BCUT2D eigenvalue weighted by Gasteiger charge is 2.30. The summed E-state index contributed by atoms with van der Waals surface area (Å²) in [6.45, 7) is 3.04. The van der Waals surface area contributed by atoms with Gasteiger partial charge >= 0.3 is 12.2 Å². The van der Waals surface area contributed by atoms with Crippen molar-refractivity contribution >= 4 is 28.3 Å². The maximum absolute atomic E-state index is 12.9.